The van der Waals surface area contributed by atoms with E-state index >= 15 is 0 Å². The first-order chi connectivity index (χ1) is 17.9. The number of benzene rings is 3. The topological polar surface area (TPSA) is 88.6 Å². The molecule has 8 nitrogen and oxygen atoms in total. The highest BCUT2D eigenvalue weighted by atomic mass is 19.1. The molecule has 2 heterocycles. The summed E-state index contributed by atoms with van der Waals surface area (Å²) in [7, 11) is 3.56. The first-order valence-corrected chi connectivity index (χ1v) is 11.7. The van der Waals surface area contributed by atoms with Crippen molar-refractivity contribution in [2.75, 3.05) is 37.9 Å². The number of ether oxygens (including phenoxy) is 2. The molecule has 1 aromatic heterocycles. The largest absolute Gasteiger partial charge is 0.494 e. The maximum Gasteiger partial charge on any atom is 0.247 e. The van der Waals surface area contributed by atoms with E-state index in [2.05, 4.69) is 27.1 Å². The number of likely N-dealkylation sites (tertiary alicyclic amines) is 1. The number of rotatable bonds is 8. The van der Waals surface area contributed by atoms with E-state index in [4.69, 9.17) is 14.5 Å². The van der Waals surface area contributed by atoms with Crippen LogP contribution >= 0.6 is 0 Å². The minimum Gasteiger partial charge on any atom is -0.494 e. The standard InChI is InChI=1S/C28H26FN5O3/c1-4-26(35)31-23-12-22(24(36-3)13-25(23)37-20-15-34(2)16-20)32-28-30-14-18-8-6-10-21(27(18)33-28)17-7-5-9-19(29)11-17/h4-14,20H,1,15-16H2,2-3H3,(H,31,35)(H,30,32,33). The van der Waals surface area contributed by atoms with Crippen LogP contribution in [0.15, 0.2) is 73.4 Å². The second kappa shape index (κ2) is 10.2. The summed E-state index contributed by atoms with van der Waals surface area (Å²) in [6, 6.07) is 15.5. The lowest BCUT2D eigenvalue weighted by Gasteiger charge is -2.36. The van der Waals surface area contributed by atoms with Crippen LogP contribution in [0.3, 0.4) is 0 Å². The van der Waals surface area contributed by atoms with Gasteiger partial charge in [-0.2, -0.15) is 0 Å². The number of hydrogen-bond acceptors (Lipinski definition) is 7. The molecule has 1 amide bonds. The van der Waals surface area contributed by atoms with Crippen LogP contribution in [0.1, 0.15) is 0 Å². The zero-order chi connectivity index (χ0) is 25.9. The van der Waals surface area contributed by atoms with Crippen LogP contribution in [0.2, 0.25) is 0 Å². The fourth-order valence-corrected chi connectivity index (χ4v) is 4.23. The summed E-state index contributed by atoms with van der Waals surface area (Å²) in [6.45, 7) is 5.11. The van der Waals surface area contributed by atoms with Gasteiger partial charge in [0.1, 0.15) is 23.4 Å². The van der Waals surface area contributed by atoms with E-state index in [9.17, 15) is 9.18 Å². The number of para-hydroxylation sites is 1. The van der Waals surface area contributed by atoms with E-state index in [0.29, 0.717) is 39.9 Å². The Morgan fingerprint density at radius 3 is 2.68 bits per heavy atom. The Kier molecular flexibility index (Phi) is 6.70. The summed E-state index contributed by atoms with van der Waals surface area (Å²) in [5.74, 6) is 0.597. The Morgan fingerprint density at radius 2 is 1.95 bits per heavy atom. The van der Waals surface area contributed by atoms with E-state index in [1.165, 1.54) is 18.2 Å². The molecule has 0 unspecified atom stereocenters. The second-order valence-electron chi connectivity index (χ2n) is 8.78. The van der Waals surface area contributed by atoms with Gasteiger partial charge in [0, 0.05) is 36.3 Å². The molecule has 9 heteroatoms. The summed E-state index contributed by atoms with van der Waals surface area (Å²) in [5, 5.41) is 6.80. The molecule has 0 bridgehead atoms. The van der Waals surface area contributed by atoms with Crippen LogP contribution in [0.4, 0.5) is 21.7 Å². The number of halogens is 1. The summed E-state index contributed by atoms with van der Waals surface area (Å²) < 4.78 is 25.6. The first-order valence-electron chi connectivity index (χ1n) is 11.7. The molecule has 1 aliphatic rings. The highest BCUT2D eigenvalue weighted by Crippen LogP contribution is 2.39. The van der Waals surface area contributed by atoms with Gasteiger partial charge in [-0.1, -0.05) is 36.9 Å². The van der Waals surface area contributed by atoms with E-state index in [-0.39, 0.29) is 17.8 Å². The molecule has 1 fully saturated rings. The lowest BCUT2D eigenvalue weighted by atomic mass is 10.0. The molecule has 188 valence electrons. The van der Waals surface area contributed by atoms with Gasteiger partial charge < -0.3 is 20.1 Å². The Balaban J connectivity index is 1.52. The van der Waals surface area contributed by atoms with Gasteiger partial charge in [0.15, 0.2) is 0 Å². The Morgan fingerprint density at radius 1 is 1.14 bits per heavy atom. The van der Waals surface area contributed by atoms with Crippen LogP contribution < -0.4 is 20.1 Å². The number of fused-ring (bicyclic) bond motifs is 1. The van der Waals surface area contributed by atoms with Gasteiger partial charge in [-0.25, -0.2) is 14.4 Å². The molecular weight excluding hydrogens is 473 g/mol. The highest BCUT2D eigenvalue weighted by molar-refractivity contribution is 6.00. The number of nitrogens with one attached hydrogen (secondary N) is 2. The quantitative estimate of drug-likeness (QED) is 0.330. The third kappa shape index (κ3) is 5.22. The lowest BCUT2D eigenvalue weighted by molar-refractivity contribution is -0.111. The van der Waals surface area contributed by atoms with Gasteiger partial charge in [-0.3, -0.25) is 9.69 Å². The van der Waals surface area contributed by atoms with Crippen molar-refractivity contribution in [2.24, 2.45) is 0 Å². The van der Waals surface area contributed by atoms with E-state index < -0.39 is 0 Å². The highest BCUT2D eigenvalue weighted by Gasteiger charge is 2.26. The molecule has 0 spiro atoms. The maximum atomic E-state index is 13.9. The van der Waals surface area contributed by atoms with Crippen LogP contribution in [-0.4, -0.2) is 54.1 Å². The van der Waals surface area contributed by atoms with Gasteiger partial charge >= 0.3 is 0 Å². The first kappa shape index (κ1) is 24.2. The fraction of sp³-hybridized carbons (Fsp3) is 0.179. The molecule has 5 rings (SSSR count). The molecule has 0 atom stereocenters. The van der Waals surface area contributed by atoms with Crippen molar-refractivity contribution in [2.45, 2.75) is 6.10 Å². The average Bonchev–Trinajstić information content (AvgIpc) is 2.88. The Labute approximate surface area is 213 Å². The zero-order valence-electron chi connectivity index (χ0n) is 20.5. The lowest BCUT2D eigenvalue weighted by Crippen LogP contribution is -2.51. The number of amides is 1. The minimum absolute atomic E-state index is 0.0120. The SMILES string of the molecule is C=CC(=O)Nc1cc(Nc2ncc3cccc(-c4cccc(F)c4)c3n2)c(OC)cc1OC1CN(C)C1. The van der Waals surface area contributed by atoms with Gasteiger partial charge in [0.2, 0.25) is 11.9 Å². The second-order valence-corrected chi connectivity index (χ2v) is 8.78. The predicted molar refractivity (Wildman–Crippen MR) is 142 cm³/mol. The van der Waals surface area contributed by atoms with Gasteiger partial charge in [-0.05, 0) is 36.9 Å². The minimum atomic E-state index is -0.367. The molecule has 4 aromatic rings. The number of likely N-dealkylation sites (N-methyl/N-ethyl adjacent to an activating group) is 1. The molecule has 0 radical (unpaired) electrons. The van der Waals surface area contributed by atoms with Crippen molar-refractivity contribution in [1.82, 2.24) is 14.9 Å². The third-order valence-electron chi connectivity index (χ3n) is 6.06. The maximum absolute atomic E-state index is 13.9. The van der Waals surface area contributed by atoms with Crippen molar-refractivity contribution in [3.63, 3.8) is 0 Å². The van der Waals surface area contributed by atoms with Gasteiger partial charge in [0.25, 0.3) is 0 Å². The number of methoxy groups -OCH3 is 1. The van der Waals surface area contributed by atoms with Crippen molar-refractivity contribution >= 4 is 34.1 Å². The van der Waals surface area contributed by atoms with Crippen LogP contribution in [0, 0.1) is 5.82 Å². The summed E-state index contributed by atoms with van der Waals surface area (Å²) in [6.07, 6.45) is 2.90. The summed E-state index contributed by atoms with van der Waals surface area (Å²) in [5.41, 5.74) is 3.15. The molecule has 1 saturated heterocycles. The van der Waals surface area contributed by atoms with Gasteiger partial charge in [-0.15, -0.1) is 0 Å². The number of anilines is 3. The Hall–Kier alpha value is -4.50. The van der Waals surface area contributed by atoms with Crippen molar-refractivity contribution in [3.8, 4) is 22.6 Å². The van der Waals surface area contributed by atoms with E-state index in [0.717, 1.165) is 24.0 Å². The van der Waals surface area contributed by atoms with Crippen LogP contribution in [0.25, 0.3) is 22.0 Å². The zero-order valence-corrected chi connectivity index (χ0v) is 20.5. The molecule has 0 saturated carbocycles. The number of carbonyl (C=O) groups excluding carboxylic acids is 1. The normalized spacial score (nSPS) is 13.6. The smallest absolute Gasteiger partial charge is 0.247 e. The Bertz CT molecular complexity index is 1490. The molecule has 0 aliphatic carbocycles. The van der Waals surface area contributed by atoms with Crippen molar-refractivity contribution in [3.05, 3.63) is 79.3 Å². The van der Waals surface area contributed by atoms with E-state index in [1.807, 2.05) is 31.3 Å². The average molecular weight is 500 g/mol. The fourth-order valence-electron chi connectivity index (χ4n) is 4.23. The number of nitrogens with zero attached hydrogens (tertiary/aromatic N) is 3. The molecule has 1 aliphatic heterocycles. The van der Waals surface area contributed by atoms with Crippen LogP contribution in [-0.2, 0) is 4.79 Å². The molecular formula is C28H26FN5O3. The van der Waals surface area contributed by atoms with Crippen molar-refractivity contribution < 1.29 is 18.7 Å². The van der Waals surface area contributed by atoms with Gasteiger partial charge in [0.05, 0.1) is 24.0 Å². The summed E-state index contributed by atoms with van der Waals surface area (Å²) in [4.78, 5) is 23.4. The van der Waals surface area contributed by atoms with Crippen LogP contribution in [0.5, 0.6) is 11.5 Å². The third-order valence-corrected chi connectivity index (χ3v) is 6.06. The van der Waals surface area contributed by atoms with Crippen molar-refractivity contribution in [1.29, 1.82) is 0 Å². The number of aromatic nitrogens is 2. The van der Waals surface area contributed by atoms with E-state index in [1.54, 1.807) is 31.5 Å². The molecule has 37 heavy (non-hydrogen) atoms. The number of hydrogen-bond donors (Lipinski definition) is 2. The molecule has 3 aromatic carbocycles. The summed E-state index contributed by atoms with van der Waals surface area (Å²) >= 11 is 0. The molecule has 2 N–H and O–H groups in total. The number of carbonyl (C=O) groups is 1. The monoisotopic (exact) mass is 499 g/mol. The predicted octanol–water partition coefficient (Wildman–Crippen LogP) is 5.01.